The summed E-state index contributed by atoms with van der Waals surface area (Å²) in [5, 5.41) is 0. The Hall–Kier alpha value is -0.710. The molecule has 0 amide bonds. The molecule has 0 saturated heterocycles. The number of benzene rings is 2. The smallest absolute Gasteiger partial charge is 0.0835 e. The lowest BCUT2D eigenvalue weighted by Gasteiger charge is -2.21. The van der Waals surface area contributed by atoms with Gasteiger partial charge in [0, 0.05) is 14.0 Å². The number of nitrogens with zero attached hydrogens (tertiary/aromatic N) is 1. The number of para-hydroxylation sites is 1. The van der Waals surface area contributed by atoms with Gasteiger partial charge in [0.25, 0.3) is 0 Å². The number of rotatable bonds is 3. The Morgan fingerprint density at radius 2 is 1.84 bits per heavy atom. The van der Waals surface area contributed by atoms with Gasteiger partial charge in [-0.15, -0.1) is 0 Å². The highest BCUT2D eigenvalue weighted by molar-refractivity contribution is 14.1. The summed E-state index contributed by atoms with van der Waals surface area (Å²) in [7, 11) is 0. The third-order valence-electron chi connectivity index (χ3n) is 4.28. The molecule has 2 aromatic carbocycles. The van der Waals surface area contributed by atoms with Gasteiger partial charge < -0.3 is 0 Å². The second-order valence-electron chi connectivity index (χ2n) is 6.14. The Morgan fingerprint density at radius 3 is 2.60 bits per heavy atom. The van der Waals surface area contributed by atoms with E-state index >= 15 is 0 Å². The third-order valence-corrected chi connectivity index (χ3v) is 6.25. The van der Waals surface area contributed by atoms with E-state index in [1.54, 1.807) is 0 Å². The molecule has 0 radical (unpaired) electrons. The molecule has 25 heavy (non-hydrogen) atoms. The van der Waals surface area contributed by atoms with E-state index in [9.17, 15) is 0 Å². The van der Waals surface area contributed by atoms with Gasteiger partial charge >= 0.3 is 0 Å². The lowest BCUT2D eigenvalue weighted by molar-refractivity contribution is 0.430. The van der Waals surface area contributed by atoms with Crippen molar-refractivity contribution in [3.63, 3.8) is 0 Å². The van der Waals surface area contributed by atoms with Gasteiger partial charge in [0.15, 0.2) is 0 Å². The Morgan fingerprint density at radius 1 is 1.08 bits per heavy atom. The zero-order chi connectivity index (χ0) is 17.6. The van der Waals surface area contributed by atoms with E-state index < -0.39 is 0 Å². The standard InChI is InChI=1S/C20H19Br2IN2/c21-17-12-13-19(24-25(22)20-9-5-4-8-18(20)23)16(14-17)11-10-15-6-2-1-3-7-15/h4-5,8-9,12-15,24H,1-3,6-7H2. The molecule has 2 nitrogen and oxygen atoms in total. The van der Waals surface area contributed by atoms with Crippen LogP contribution in [-0.4, -0.2) is 0 Å². The fraction of sp³-hybridized carbons (Fsp3) is 0.300. The van der Waals surface area contributed by atoms with Crippen LogP contribution in [-0.2, 0) is 0 Å². The van der Waals surface area contributed by atoms with Crippen molar-refractivity contribution in [2.24, 2.45) is 5.92 Å². The minimum absolute atomic E-state index is 0.538. The van der Waals surface area contributed by atoms with Gasteiger partial charge in [-0.05, 0) is 65.8 Å². The number of hydrogen-bond donors (Lipinski definition) is 1. The van der Waals surface area contributed by atoms with Crippen LogP contribution in [0.15, 0.2) is 46.9 Å². The molecule has 130 valence electrons. The lowest BCUT2D eigenvalue weighted by Crippen LogP contribution is -2.19. The van der Waals surface area contributed by atoms with Crippen molar-refractivity contribution in [1.82, 2.24) is 0 Å². The Bertz CT molecular complexity index is 792. The van der Waals surface area contributed by atoms with Gasteiger partial charge in [0.1, 0.15) is 0 Å². The minimum Gasteiger partial charge on any atom is -0.287 e. The zero-order valence-corrected chi connectivity index (χ0v) is 19.1. The summed E-state index contributed by atoms with van der Waals surface area (Å²) in [5.74, 6) is 7.42. The van der Waals surface area contributed by atoms with Crippen molar-refractivity contribution >= 4 is 66.0 Å². The quantitative estimate of drug-likeness (QED) is 0.182. The van der Waals surface area contributed by atoms with Gasteiger partial charge in [-0.25, -0.2) is 4.03 Å². The fourth-order valence-electron chi connectivity index (χ4n) is 2.92. The first-order valence-corrected chi connectivity index (χ1v) is 11.0. The fourth-order valence-corrected chi connectivity index (χ4v) is 4.74. The lowest BCUT2D eigenvalue weighted by atomic mass is 9.89. The molecular weight excluding hydrogens is 555 g/mol. The molecule has 0 unspecified atom stereocenters. The number of hydrazine groups is 1. The number of nitrogens with one attached hydrogen (secondary N) is 1. The molecule has 0 heterocycles. The van der Waals surface area contributed by atoms with Gasteiger partial charge in [0.05, 0.1) is 33.1 Å². The zero-order valence-electron chi connectivity index (χ0n) is 13.7. The monoisotopic (exact) mass is 572 g/mol. The molecule has 1 aliphatic carbocycles. The van der Waals surface area contributed by atoms with Gasteiger partial charge in [-0.1, -0.05) is 59.2 Å². The number of halogens is 3. The molecule has 1 fully saturated rings. The van der Waals surface area contributed by atoms with Crippen LogP contribution in [0.4, 0.5) is 11.4 Å². The molecule has 3 rings (SSSR count). The van der Waals surface area contributed by atoms with Crippen LogP contribution < -0.4 is 9.46 Å². The van der Waals surface area contributed by atoms with Crippen LogP contribution in [0.5, 0.6) is 0 Å². The predicted octanol–water partition coefficient (Wildman–Crippen LogP) is 7.13. The second-order valence-corrected chi connectivity index (χ2v) is 8.93. The highest BCUT2D eigenvalue weighted by Gasteiger charge is 2.12. The van der Waals surface area contributed by atoms with Crippen molar-refractivity contribution < 1.29 is 0 Å². The van der Waals surface area contributed by atoms with Crippen molar-refractivity contribution in [2.75, 3.05) is 9.46 Å². The number of hydrogen-bond acceptors (Lipinski definition) is 2. The molecule has 0 aromatic heterocycles. The van der Waals surface area contributed by atoms with Crippen LogP contribution in [0.3, 0.4) is 0 Å². The Balaban J connectivity index is 1.81. The number of anilines is 2. The summed E-state index contributed by atoms with van der Waals surface area (Å²) in [4.78, 5) is 0. The Labute approximate surface area is 180 Å². The van der Waals surface area contributed by atoms with E-state index in [1.165, 1.54) is 32.1 Å². The first kappa shape index (κ1) is 19.1. The van der Waals surface area contributed by atoms with E-state index in [0.717, 1.165) is 25.0 Å². The largest absolute Gasteiger partial charge is 0.287 e. The average molecular weight is 574 g/mol. The summed E-state index contributed by atoms with van der Waals surface area (Å²) in [6.45, 7) is 0. The molecule has 5 heteroatoms. The molecular formula is C20H19Br2IN2. The summed E-state index contributed by atoms with van der Waals surface area (Å²) >= 11 is 9.51. The Kier molecular flexibility index (Phi) is 7.08. The van der Waals surface area contributed by atoms with Crippen LogP contribution in [0.1, 0.15) is 37.7 Å². The molecule has 1 aliphatic rings. The molecule has 0 atom stereocenters. The van der Waals surface area contributed by atoms with E-state index in [1.807, 2.05) is 22.2 Å². The van der Waals surface area contributed by atoms with E-state index in [4.69, 9.17) is 0 Å². The van der Waals surface area contributed by atoms with Gasteiger partial charge in [-0.2, -0.15) is 0 Å². The first-order chi connectivity index (χ1) is 12.1. The van der Waals surface area contributed by atoms with Gasteiger partial charge in [-0.3, -0.25) is 5.43 Å². The summed E-state index contributed by atoms with van der Waals surface area (Å²) in [5.41, 5.74) is 6.47. The van der Waals surface area contributed by atoms with Crippen LogP contribution >= 0.6 is 54.7 Å². The van der Waals surface area contributed by atoms with Crippen LogP contribution in [0, 0.1) is 21.3 Å². The van der Waals surface area contributed by atoms with Crippen molar-refractivity contribution in [3.8, 4) is 11.8 Å². The maximum Gasteiger partial charge on any atom is 0.0835 e. The topological polar surface area (TPSA) is 15.3 Å². The summed E-state index contributed by atoms with van der Waals surface area (Å²) < 4.78 is 4.07. The second kappa shape index (κ2) is 9.29. The average Bonchev–Trinajstić information content (AvgIpc) is 2.63. The van der Waals surface area contributed by atoms with E-state index in [2.05, 4.69) is 96.2 Å². The maximum atomic E-state index is 3.61. The molecule has 2 aromatic rings. The van der Waals surface area contributed by atoms with E-state index in [0.29, 0.717) is 5.92 Å². The maximum absolute atomic E-state index is 3.61. The normalized spacial score (nSPS) is 14.5. The highest BCUT2D eigenvalue weighted by Crippen LogP contribution is 2.28. The van der Waals surface area contributed by atoms with Crippen molar-refractivity contribution in [3.05, 3.63) is 56.1 Å². The third kappa shape index (κ3) is 5.38. The first-order valence-electron chi connectivity index (χ1n) is 8.41. The van der Waals surface area contributed by atoms with Gasteiger partial charge in [0.2, 0.25) is 0 Å². The van der Waals surface area contributed by atoms with Crippen LogP contribution in [0.2, 0.25) is 0 Å². The predicted molar refractivity (Wildman–Crippen MR) is 122 cm³/mol. The minimum atomic E-state index is 0.538. The molecule has 1 saturated carbocycles. The van der Waals surface area contributed by atoms with Crippen molar-refractivity contribution in [2.45, 2.75) is 32.1 Å². The van der Waals surface area contributed by atoms with Crippen molar-refractivity contribution in [1.29, 1.82) is 0 Å². The summed E-state index contributed by atoms with van der Waals surface area (Å²) in [6, 6.07) is 14.4. The molecule has 0 spiro atoms. The summed E-state index contributed by atoms with van der Waals surface area (Å²) in [6.07, 6.45) is 6.44. The molecule has 0 bridgehead atoms. The van der Waals surface area contributed by atoms with E-state index in [-0.39, 0.29) is 0 Å². The van der Waals surface area contributed by atoms with Crippen LogP contribution in [0.25, 0.3) is 0 Å². The molecule has 1 N–H and O–H groups in total. The molecule has 0 aliphatic heterocycles. The SMILES string of the molecule is Brc1ccc(NN(Br)c2ccccc2I)c(C#CC2CCCCC2)c1. The highest BCUT2D eigenvalue weighted by atomic mass is 127.